The van der Waals surface area contributed by atoms with Gasteiger partial charge in [0.1, 0.15) is 5.82 Å². The van der Waals surface area contributed by atoms with E-state index in [4.69, 9.17) is 4.74 Å². The average Bonchev–Trinajstić information content (AvgIpc) is 2.93. The monoisotopic (exact) mass is 316 g/mol. The molecule has 1 fully saturated rings. The Hall–Kier alpha value is -1.02. The molecule has 0 spiro atoms. The molecule has 2 rings (SSSR count). The molecule has 0 saturated carbocycles. The van der Waals surface area contributed by atoms with E-state index in [1.54, 1.807) is 21.1 Å². The number of hydrogen-bond donors (Lipinski definition) is 1. The highest BCUT2D eigenvalue weighted by Gasteiger charge is 2.33. The number of sulfonamides is 1. The van der Waals surface area contributed by atoms with Crippen molar-refractivity contribution >= 4 is 10.0 Å². The van der Waals surface area contributed by atoms with Crippen LogP contribution < -0.4 is 5.32 Å². The Kier molecular flexibility index (Phi) is 4.98. The van der Waals surface area contributed by atoms with Crippen LogP contribution in [0.3, 0.4) is 0 Å². The lowest BCUT2D eigenvalue weighted by Crippen LogP contribution is -2.30. The van der Waals surface area contributed by atoms with Crippen molar-refractivity contribution < 1.29 is 17.5 Å². The molecule has 0 aromatic heterocycles. The molecule has 1 unspecified atom stereocenters. The highest BCUT2D eigenvalue weighted by atomic mass is 32.2. The molecule has 1 aromatic rings. The van der Waals surface area contributed by atoms with Gasteiger partial charge < -0.3 is 10.1 Å². The van der Waals surface area contributed by atoms with Gasteiger partial charge in [-0.2, -0.15) is 4.31 Å². The van der Waals surface area contributed by atoms with E-state index in [1.807, 2.05) is 0 Å². The first-order valence-electron chi connectivity index (χ1n) is 6.86. The van der Waals surface area contributed by atoms with Crippen LogP contribution in [0.1, 0.15) is 17.5 Å². The van der Waals surface area contributed by atoms with Gasteiger partial charge in [0.05, 0.1) is 11.0 Å². The molecule has 7 heteroatoms. The summed E-state index contributed by atoms with van der Waals surface area (Å²) in [5.74, 6) is -0.362. The number of hydrogen-bond acceptors (Lipinski definition) is 4. The normalized spacial score (nSPS) is 20.1. The second-order valence-electron chi connectivity index (χ2n) is 5.25. The fourth-order valence-electron chi connectivity index (χ4n) is 2.53. The number of nitrogens with zero attached hydrogens (tertiary/aromatic N) is 1. The molecule has 1 atom stereocenters. The Morgan fingerprint density at radius 3 is 2.76 bits per heavy atom. The summed E-state index contributed by atoms with van der Waals surface area (Å²) in [7, 11) is -0.332. The van der Waals surface area contributed by atoms with E-state index in [-0.39, 0.29) is 23.4 Å². The first kappa shape index (κ1) is 16.4. The molecule has 0 aliphatic carbocycles. The van der Waals surface area contributed by atoms with E-state index in [9.17, 15) is 12.8 Å². The molecule has 1 heterocycles. The number of aryl methyl sites for hydroxylation is 1. The summed E-state index contributed by atoms with van der Waals surface area (Å²) < 4.78 is 45.9. The minimum atomic E-state index is -3.60. The van der Waals surface area contributed by atoms with Crippen LogP contribution in [0.2, 0.25) is 0 Å². The third-order valence-corrected chi connectivity index (χ3v) is 5.59. The number of ether oxygens (including phenoxy) is 1. The van der Waals surface area contributed by atoms with Crippen LogP contribution in [0.4, 0.5) is 4.39 Å². The van der Waals surface area contributed by atoms with Crippen molar-refractivity contribution in [3.63, 3.8) is 0 Å². The first-order valence-corrected chi connectivity index (χ1v) is 8.30. The van der Waals surface area contributed by atoms with Crippen molar-refractivity contribution in [2.75, 3.05) is 27.2 Å². The van der Waals surface area contributed by atoms with Crippen LogP contribution in [0.5, 0.6) is 0 Å². The van der Waals surface area contributed by atoms with Gasteiger partial charge in [-0.05, 0) is 38.1 Å². The van der Waals surface area contributed by atoms with Crippen LogP contribution in [-0.2, 0) is 21.3 Å². The third-order valence-electron chi connectivity index (χ3n) is 3.75. The maximum atomic E-state index is 14.0. The molecule has 5 nitrogen and oxygen atoms in total. The van der Waals surface area contributed by atoms with Gasteiger partial charge in [-0.15, -0.1) is 0 Å². The fourth-order valence-corrected chi connectivity index (χ4v) is 4.16. The molecular formula is C14H21FN2O3S. The Bertz CT molecular complexity index is 619. The van der Waals surface area contributed by atoms with Crippen molar-refractivity contribution in [3.05, 3.63) is 29.1 Å². The number of halogens is 1. The minimum Gasteiger partial charge on any atom is -0.380 e. The fraction of sp³-hybridized carbons (Fsp3) is 0.571. The molecule has 1 aromatic carbocycles. The zero-order valence-corrected chi connectivity index (χ0v) is 13.3. The Balaban J connectivity index is 2.36. The van der Waals surface area contributed by atoms with E-state index < -0.39 is 10.0 Å². The van der Waals surface area contributed by atoms with Crippen LogP contribution >= 0.6 is 0 Å². The van der Waals surface area contributed by atoms with Gasteiger partial charge >= 0.3 is 0 Å². The minimum absolute atomic E-state index is 0.0712. The second-order valence-corrected chi connectivity index (χ2v) is 7.19. The molecule has 21 heavy (non-hydrogen) atoms. The van der Waals surface area contributed by atoms with Crippen molar-refractivity contribution in [1.29, 1.82) is 0 Å². The van der Waals surface area contributed by atoms with E-state index in [0.29, 0.717) is 30.6 Å². The maximum Gasteiger partial charge on any atom is 0.243 e. The van der Waals surface area contributed by atoms with E-state index in [2.05, 4.69) is 5.32 Å². The zero-order valence-electron chi connectivity index (χ0n) is 12.5. The van der Waals surface area contributed by atoms with Crippen molar-refractivity contribution in [2.45, 2.75) is 30.9 Å². The van der Waals surface area contributed by atoms with E-state index in [0.717, 1.165) is 0 Å². The molecule has 1 aliphatic rings. The van der Waals surface area contributed by atoms with Crippen LogP contribution in [0.15, 0.2) is 17.0 Å². The zero-order chi connectivity index (χ0) is 15.6. The molecular weight excluding hydrogens is 295 g/mol. The van der Waals surface area contributed by atoms with Gasteiger partial charge in [-0.3, -0.25) is 0 Å². The summed E-state index contributed by atoms with van der Waals surface area (Å²) in [5, 5.41) is 2.85. The van der Waals surface area contributed by atoms with Crippen molar-refractivity contribution in [2.24, 2.45) is 0 Å². The first-order chi connectivity index (χ1) is 9.90. The third kappa shape index (κ3) is 3.26. The largest absolute Gasteiger partial charge is 0.380 e. The summed E-state index contributed by atoms with van der Waals surface area (Å²) in [4.78, 5) is 0.142. The number of nitrogens with one attached hydrogen (secondary N) is 1. The SMILES string of the molecule is CNCc1cc(S(=O)(=O)N2CCC(OC)C2)cc(C)c1F. The van der Waals surface area contributed by atoms with Crippen LogP contribution in [0, 0.1) is 12.7 Å². The van der Waals surface area contributed by atoms with Crippen molar-refractivity contribution in [3.8, 4) is 0 Å². The van der Waals surface area contributed by atoms with Crippen LogP contribution in [-0.4, -0.2) is 46.1 Å². The van der Waals surface area contributed by atoms with E-state index in [1.165, 1.54) is 16.4 Å². The Morgan fingerprint density at radius 2 is 2.19 bits per heavy atom. The topological polar surface area (TPSA) is 58.6 Å². The maximum absolute atomic E-state index is 14.0. The van der Waals surface area contributed by atoms with Gasteiger partial charge in [0.15, 0.2) is 0 Å². The number of methoxy groups -OCH3 is 1. The lowest BCUT2D eigenvalue weighted by molar-refractivity contribution is 0.115. The summed E-state index contributed by atoms with van der Waals surface area (Å²) in [6.45, 7) is 2.64. The highest BCUT2D eigenvalue weighted by Crippen LogP contribution is 2.25. The Morgan fingerprint density at radius 1 is 1.48 bits per heavy atom. The molecule has 0 amide bonds. The predicted octanol–water partition coefficient (Wildman–Crippen LogP) is 1.26. The van der Waals surface area contributed by atoms with Gasteiger partial charge in [0.2, 0.25) is 10.0 Å². The second kappa shape index (κ2) is 6.39. The quantitative estimate of drug-likeness (QED) is 0.888. The highest BCUT2D eigenvalue weighted by molar-refractivity contribution is 7.89. The van der Waals surface area contributed by atoms with Gasteiger partial charge in [-0.25, -0.2) is 12.8 Å². The molecule has 118 valence electrons. The summed E-state index contributed by atoms with van der Waals surface area (Å²) >= 11 is 0. The van der Waals surface area contributed by atoms with Crippen LogP contribution in [0.25, 0.3) is 0 Å². The number of benzene rings is 1. The van der Waals surface area contributed by atoms with Gasteiger partial charge in [-0.1, -0.05) is 0 Å². The summed E-state index contributed by atoms with van der Waals surface area (Å²) in [5.41, 5.74) is 0.697. The lowest BCUT2D eigenvalue weighted by Gasteiger charge is -2.18. The van der Waals surface area contributed by atoms with Gasteiger partial charge in [0, 0.05) is 32.3 Å². The molecule has 0 radical (unpaired) electrons. The standard InChI is InChI=1S/C14H21FN2O3S/c1-10-6-13(7-11(8-16-2)14(10)15)21(18,19)17-5-4-12(9-17)20-3/h6-7,12,16H,4-5,8-9H2,1-3H3. The van der Waals surface area contributed by atoms with Crippen molar-refractivity contribution in [1.82, 2.24) is 9.62 Å². The smallest absolute Gasteiger partial charge is 0.243 e. The average molecular weight is 316 g/mol. The number of rotatable bonds is 5. The molecule has 1 aliphatic heterocycles. The van der Waals surface area contributed by atoms with E-state index >= 15 is 0 Å². The molecule has 0 bridgehead atoms. The van der Waals surface area contributed by atoms with Gasteiger partial charge in [0.25, 0.3) is 0 Å². The molecule has 1 N–H and O–H groups in total. The summed E-state index contributed by atoms with van der Waals surface area (Å²) in [6.07, 6.45) is 0.609. The lowest BCUT2D eigenvalue weighted by atomic mass is 10.1. The Labute approximate surface area is 125 Å². The predicted molar refractivity (Wildman–Crippen MR) is 78.1 cm³/mol. The summed E-state index contributed by atoms with van der Waals surface area (Å²) in [6, 6.07) is 2.80. The molecule has 1 saturated heterocycles.